The number of esters is 1. The molecule has 0 aliphatic heterocycles. The molecule has 0 unspecified atom stereocenters. The van der Waals surface area contributed by atoms with Crippen molar-refractivity contribution in [3.8, 4) is 0 Å². The molecule has 0 radical (unpaired) electrons. The molecule has 0 spiro atoms. The van der Waals surface area contributed by atoms with Gasteiger partial charge in [-0.2, -0.15) is 0 Å². The van der Waals surface area contributed by atoms with Crippen LogP contribution >= 0.6 is 22.9 Å². The first-order valence-electron chi connectivity index (χ1n) is 7.40. The zero-order valence-corrected chi connectivity index (χ0v) is 14.2. The largest absolute Gasteiger partial charge is 0.465 e. The van der Waals surface area contributed by atoms with Crippen molar-refractivity contribution < 1.29 is 14.3 Å². The number of ether oxygens (including phenoxy) is 1. The van der Waals surface area contributed by atoms with Crippen molar-refractivity contribution in [1.82, 2.24) is 0 Å². The van der Waals surface area contributed by atoms with Gasteiger partial charge in [0.25, 0.3) is 5.91 Å². The molecular weight excluding hydrogens is 334 g/mol. The smallest absolute Gasteiger partial charge is 0.341 e. The van der Waals surface area contributed by atoms with E-state index in [4.69, 9.17) is 16.3 Å². The highest BCUT2D eigenvalue weighted by Crippen LogP contribution is 2.38. The van der Waals surface area contributed by atoms with Crippen molar-refractivity contribution in [2.75, 3.05) is 12.4 Å². The molecule has 0 atom stereocenters. The monoisotopic (exact) mass is 349 g/mol. The molecule has 0 saturated carbocycles. The van der Waals surface area contributed by atoms with E-state index < -0.39 is 5.97 Å². The zero-order valence-electron chi connectivity index (χ0n) is 12.6. The van der Waals surface area contributed by atoms with Crippen LogP contribution < -0.4 is 5.32 Å². The molecule has 0 saturated heterocycles. The maximum atomic E-state index is 12.4. The number of benzene rings is 1. The highest BCUT2D eigenvalue weighted by Gasteiger charge is 2.27. The number of thiophene rings is 1. The lowest BCUT2D eigenvalue weighted by molar-refractivity contribution is 0.0601. The number of halogens is 1. The number of hydrogen-bond donors (Lipinski definition) is 1. The van der Waals surface area contributed by atoms with Crippen molar-refractivity contribution in [2.45, 2.75) is 25.7 Å². The summed E-state index contributed by atoms with van der Waals surface area (Å²) >= 11 is 7.39. The predicted molar refractivity (Wildman–Crippen MR) is 91.7 cm³/mol. The lowest BCUT2D eigenvalue weighted by Gasteiger charge is -2.11. The Bertz CT molecular complexity index is 769. The van der Waals surface area contributed by atoms with Crippen molar-refractivity contribution in [1.29, 1.82) is 0 Å². The summed E-state index contributed by atoms with van der Waals surface area (Å²) in [4.78, 5) is 25.7. The fourth-order valence-corrected chi connectivity index (χ4v) is 4.24. The Hall–Kier alpha value is -1.85. The van der Waals surface area contributed by atoms with Crippen molar-refractivity contribution >= 4 is 39.8 Å². The van der Waals surface area contributed by atoms with E-state index in [1.807, 2.05) is 0 Å². The number of anilines is 1. The summed E-state index contributed by atoms with van der Waals surface area (Å²) in [5.74, 6) is -0.679. The number of methoxy groups -OCH3 is 1. The Morgan fingerprint density at radius 1 is 1.26 bits per heavy atom. The van der Waals surface area contributed by atoms with Gasteiger partial charge in [-0.1, -0.05) is 17.7 Å². The first-order chi connectivity index (χ1) is 11.1. The predicted octanol–water partition coefficient (Wildman–Crippen LogP) is 4.32. The molecule has 3 rings (SSSR count). The van der Waals surface area contributed by atoms with E-state index in [1.165, 1.54) is 18.4 Å². The molecule has 23 heavy (non-hydrogen) atoms. The van der Waals surface area contributed by atoms with Gasteiger partial charge in [0.15, 0.2) is 0 Å². The van der Waals surface area contributed by atoms with Crippen LogP contribution in [0.4, 0.5) is 5.00 Å². The average Bonchev–Trinajstić information content (AvgIpc) is 2.92. The van der Waals surface area contributed by atoms with Gasteiger partial charge in [0.2, 0.25) is 0 Å². The molecule has 6 heteroatoms. The van der Waals surface area contributed by atoms with Crippen LogP contribution in [0.25, 0.3) is 0 Å². The van der Waals surface area contributed by atoms with E-state index in [-0.39, 0.29) is 5.91 Å². The number of hydrogen-bond acceptors (Lipinski definition) is 4. The molecule has 120 valence electrons. The highest BCUT2D eigenvalue weighted by molar-refractivity contribution is 7.17. The molecule has 1 amide bonds. The van der Waals surface area contributed by atoms with Crippen LogP contribution in [0.15, 0.2) is 24.3 Å². The highest BCUT2D eigenvalue weighted by atomic mass is 35.5. The third-order valence-corrected chi connectivity index (χ3v) is 5.32. The number of aryl methyl sites for hydroxylation is 1. The van der Waals surface area contributed by atoms with Crippen LogP contribution in [0, 0.1) is 0 Å². The summed E-state index contributed by atoms with van der Waals surface area (Å²) in [7, 11) is 1.36. The molecule has 1 N–H and O–H groups in total. The van der Waals surface area contributed by atoms with E-state index in [0.717, 1.165) is 36.1 Å². The number of amides is 1. The first-order valence-corrected chi connectivity index (χ1v) is 8.59. The zero-order chi connectivity index (χ0) is 16.4. The van der Waals surface area contributed by atoms with Gasteiger partial charge >= 0.3 is 5.97 Å². The van der Waals surface area contributed by atoms with Crippen LogP contribution in [0.5, 0.6) is 0 Å². The molecule has 0 bridgehead atoms. The maximum Gasteiger partial charge on any atom is 0.341 e. The Morgan fingerprint density at radius 2 is 2.04 bits per heavy atom. The second-order valence-electron chi connectivity index (χ2n) is 5.37. The summed E-state index contributed by atoms with van der Waals surface area (Å²) < 4.78 is 4.90. The van der Waals surface area contributed by atoms with Crippen molar-refractivity contribution in [3.63, 3.8) is 0 Å². The summed E-state index contributed by atoms with van der Waals surface area (Å²) in [5, 5.41) is 3.91. The van der Waals surface area contributed by atoms with E-state index in [0.29, 0.717) is 21.2 Å². The van der Waals surface area contributed by atoms with Crippen LogP contribution in [0.2, 0.25) is 5.02 Å². The molecule has 1 heterocycles. The Kier molecular flexibility index (Phi) is 4.68. The fraction of sp³-hybridized carbons (Fsp3) is 0.294. The van der Waals surface area contributed by atoms with E-state index in [9.17, 15) is 9.59 Å². The lowest BCUT2D eigenvalue weighted by atomic mass is 9.95. The number of rotatable bonds is 3. The second-order valence-corrected chi connectivity index (χ2v) is 6.91. The number of fused-ring (bicyclic) bond motifs is 1. The molecular formula is C17H16ClNO3S. The maximum absolute atomic E-state index is 12.4. The van der Waals surface area contributed by atoms with Gasteiger partial charge in [-0.3, -0.25) is 4.79 Å². The summed E-state index contributed by atoms with van der Waals surface area (Å²) in [6.07, 6.45) is 3.95. The van der Waals surface area contributed by atoms with E-state index in [1.54, 1.807) is 24.3 Å². The molecule has 1 aromatic carbocycles. The van der Waals surface area contributed by atoms with Crippen LogP contribution in [0.1, 0.15) is 44.0 Å². The van der Waals surface area contributed by atoms with Crippen molar-refractivity contribution in [2.24, 2.45) is 0 Å². The summed E-state index contributed by atoms with van der Waals surface area (Å²) in [5.41, 5.74) is 1.98. The minimum Gasteiger partial charge on any atom is -0.465 e. The first kappa shape index (κ1) is 16.0. The van der Waals surface area contributed by atoms with Gasteiger partial charge in [0.1, 0.15) is 5.00 Å². The third kappa shape index (κ3) is 3.26. The Labute approximate surface area is 143 Å². The van der Waals surface area contributed by atoms with Gasteiger partial charge in [-0.25, -0.2) is 4.79 Å². The number of nitrogens with one attached hydrogen (secondary N) is 1. The molecule has 1 aliphatic rings. The van der Waals surface area contributed by atoms with Gasteiger partial charge in [-0.15, -0.1) is 11.3 Å². The van der Waals surface area contributed by atoms with E-state index in [2.05, 4.69) is 5.32 Å². The van der Waals surface area contributed by atoms with Gasteiger partial charge in [0, 0.05) is 15.5 Å². The average molecular weight is 350 g/mol. The number of carbonyl (C=O) groups is 2. The normalized spacial score (nSPS) is 13.3. The molecule has 0 fully saturated rings. The third-order valence-electron chi connectivity index (χ3n) is 3.87. The summed E-state index contributed by atoms with van der Waals surface area (Å²) in [6.45, 7) is 0. The second kappa shape index (κ2) is 6.72. The SMILES string of the molecule is COC(=O)c1c(NC(=O)c2cccc(Cl)c2)sc2c1CCCC2. The van der Waals surface area contributed by atoms with Crippen LogP contribution in [0.3, 0.4) is 0 Å². The van der Waals surface area contributed by atoms with E-state index >= 15 is 0 Å². The summed E-state index contributed by atoms with van der Waals surface area (Å²) in [6, 6.07) is 6.72. The fourth-order valence-electron chi connectivity index (χ4n) is 2.78. The lowest BCUT2D eigenvalue weighted by Crippen LogP contribution is -2.15. The molecule has 4 nitrogen and oxygen atoms in total. The van der Waals surface area contributed by atoms with Gasteiger partial charge < -0.3 is 10.1 Å². The standard InChI is InChI=1S/C17H16ClNO3S/c1-22-17(21)14-12-7-2-3-8-13(12)23-16(14)19-15(20)10-5-4-6-11(18)9-10/h4-6,9H,2-3,7-8H2,1H3,(H,19,20). The Balaban J connectivity index is 1.94. The number of carbonyl (C=O) groups excluding carboxylic acids is 2. The molecule has 1 aliphatic carbocycles. The molecule has 1 aromatic heterocycles. The van der Waals surface area contributed by atoms with Gasteiger partial charge in [-0.05, 0) is 49.4 Å². The Morgan fingerprint density at radius 3 is 2.78 bits per heavy atom. The topological polar surface area (TPSA) is 55.4 Å². The quantitative estimate of drug-likeness (QED) is 0.839. The van der Waals surface area contributed by atoms with Crippen LogP contribution in [-0.2, 0) is 17.6 Å². The molecule has 2 aromatic rings. The van der Waals surface area contributed by atoms with Gasteiger partial charge in [0.05, 0.1) is 12.7 Å². The minimum atomic E-state index is -0.397. The minimum absolute atomic E-state index is 0.281. The van der Waals surface area contributed by atoms with Crippen molar-refractivity contribution in [3.05, 3.63) is 50.9 Å². The van der Waals surface area contributed by atoms with Crippen LogP contribution in [-0.4, -0.2) is 19.0 Å².